The van der Waals surface area contributed by atoms with Gasteiger partial charge in [0.05, 0.1) is 17.6 Å². The predicted molar refractivity (Wildman–Crippen MR) is 89.2 cm³/mol. The number of nitrogens with two attached hydrogens (primary N) is 1. The highest BCUT2D eigenvalue weighted by Crippen LogP contribution is 2.35. The second-order valence-electron chi connectivity index (χ2n) is 5.17. The Morgan fingerprint density at radius 3 is 2.60 bits per heavy atom. The first-order valence-corrected chi connectivity index (χ1v) is 7.13. The van der Waals surface area contributed by atoms with E-state index in [1.807, 2.05) is 27.1 Å². The Hall–Kier alpha value is -3.67. The van der Waals surface area contributed by atoms with Gasteiger partial charge < -0.3 is 15.4 Å². The molecular weight excluding hydrogens is 324 g/mol. The number of hydrogen-bond acceptors (Lipinski definition) is 7. The molecule has 0 aromatic carbocycles. The van der Waals surface area contributed by atoms with Gasteiger partial charge in [-0.1, -0.05) is 5.16 Å². The minimum atomic E-state index is -0.250. The Bertz CT molecular complexity index is 951. The smallest absolute Gasteiger partial charge is 0.290 e. The summed E-state index contributed by atoms with van der Waals surface area (Å²) in [5, 5.41) is 24.3. The van der Waals surface area contributed by atoms with Crippen LogP contribution in [0.3, 0.4) is 0 Å². The number of anilines is 1. The maximum Gasteiger partial charge on any atom is 0.290 e. The number of hydrogen-bond donors (Lipinski definition) is 2. The van der Waals surface area contributed by atoms with E-state index < -0.39 is 0 Å². The molecule has 0 saturated carbocycles. The van der Waals surface area contributed by atoms with Crippen molar-refractivity contribution in [3.05, 3.63) is 35.3 Å². The molecule has 9 nitrogen and oxygen atoms in total. The normalized spacial score (nSPS) is 9.84. The van der Waals surface area contributed by atoms with E-state index in [4.69, 9.17) is 20.2 Å². The van der Waals surface area contributed by atoms with Crippen LogP contribution in [0.15, 0.2) is 23.0 Å². The number of nitrogen functional groups attached to an aromatic ring is 1. The molecule has 0 saturated heterocycles. The zero-order valence-corrected chi connectivity index (χ0v) is 13.9. The summed E-state index contributed by atoms with van der Waals surface area (Å²) in [5.41, 5.74) is 9.92. The number of nitrogens with zero attached hydrogens (tertiary/aromatic N) is 5. The zero-order chi connectivity index (χ0) is 18.6. The lowest BCUT2D eigenvalue weighted by Gasteiger charge is -2.11. The summed E-state index contributed by atoms with van der Waals surface area (Å²) in [6.07, 6.45) is 3.55. The zero-order valence-electron chi connectivity index (χ0n) is 13.9. The molecule has 25 heavy (non-hydrogen) atoms. The lowest BCUT2D eigenvalue weighted by Crippen LogP contribution is -2.02. The highest BCUT2D eigenvalue weighted by atomic mass is 16.5. The van der Waals surface area contributed by atoms with Crippen LogP contribution in [0.1, 0.15) is 16.8 Å². The molecule has 0 spiro atoms. The van der Waals surface area contributed by atoms with Crippen molar-refractivity contribution >= 4 is 12.3 Å². The number of aromatic nitrogens is 4. The van der Waals surface area contributed by atoms with Crippen molar-refractivity contribution < 1.29 is 14.4 Å². The fourth-order valence-electron chi connectivity index (χ4n) is 2.42. The second-order valence-corrected chi connectivity index (χ2v) is 5.17. The molecule has 0 bridgehead atoms. The van der Waals surface area contributed by atoms with E-state index in [2.05, 4.69) is 21.3 Å². The van der Waals surface area contributed by atoms with Crippen molar-refractivity contribution in [1.82, 2.24) is 19.9 Å². The molecule has 0 aliphatic heterocycles. The third kappa shape index (κ3) is 3.48. The van der Waals surface area contributed by atoms with E-state index in [0.29, 0.717) is 22.6 Å². The minimum Gasteiger partial charge on any atom is -0.483 e. The van der Waals surface area contributed by atoms with Crippen molar-refractivity contribution in [2.45, 2.75) is 13.8 Å². The molecule has 3 N–H and O–H groups in total. The van der Waals surface area contributed by atoms with Crippen molar-refractivity contribution in [3.63, 3.8) is 0 Å². The fourth-order valence-corrected chi connectivity index (χ4v) is 2.42. The quantitative estimate of drug-likeness (QED) is 0.673. The van der Waals surface area contributed by atoms with Crippen LogP contribution in [0.25, 0.3) is 22.6 Å². The molecule has 0 aliphatic rings. The lowest BCUT2D eigenvalue weighted by atomic mass is 9.97. The molecule has 0 radical (unpaired) electrons. The lowest BCUT2D eigenvalue weighted by molar-refractivity contribution is -0.122. The summed E-state index contributed by atoms with van der Waals surface area (Å²) >= 11 is 0. The first-order valence-electron chi connectivity index (χ1n) is 7.13. The summed E-state index contributed by atoms with van der Waals surface area (Å²) in [6.45, 7) is 3.45. The van der Waals surface area contributed by atoms with E-state index in [1.165, 1.54) is 0 Å². The number of carboxylic acid groups (broad SMARTS) is 1. The first-order chi connectivity index (χ1) is 11.9. The topological polar surface area (TPSA) is 144 Å². The maximum atomic E-state index is 9.41. The molecule has 0 unspecified atom stereocenters. The molecule has 0 amide bonds. The maximum absolute atomic E-state index is 9.41. The van der Waals surface area contributed by atoms with Crippen LogP contribution in [0.4, 0.5) is 5.82 Å². The van der Waals surface area contributed by atoms with Gasteiger partial charge in [0.25, 0.3) is 6.47 Å². The van der Waals surface area contributed by atoms with Crippen LogP contribution in [0.5, 0.6) is 0 Å². The summed E-state index contributed by atoms with van der Waals surface area (Å²) in [4.78, 5) is 12.7. The van der Waals surface area contributed by atoms with Crippen molar-refractivity contribution in [2.75, 3.05) is 5.73 Å². The first kappa shape index (κ1) is 17.7. The molecular formula is C16H16N6O3. The Morgan fingerprint density at radius 1 is 1.44 bits per heavy atom. The van der Waals surface area contributed by atoms with Gasteiger partial charge in [0, 0.05) is 30.4 Å². The Labute approximate surface area is 143 Å². The van der Waals surface area contributed by atoms with Crippen molar-refractivity contribution in [1.29, 1.82) is 5.26 Å². The van der Waals surface area contributed by atoms with E-state index in [-0.39, 0.29) is 12.3 Å². The molecule has 0 atom stereocenters. The fraction of sp³-hybridized carbons (Fsp3) is 0.188. The molecule has 3 rings (SSSR count). The summed E-state index contributed by atoms with van der Waals surface area (Å²) < 4.78 is 7.00. The molecule has 128 valence electrons. The van der Waals surface area contributed by atoms with Crippen LogP contribution >= 0.6 is 0 Å². The van der Waals surface area contributed by atoms with Crippen LogP contribution < -0.4 is 5.73 Å². The van der Waals surface area contributed by atoms with Crippen LogP contribution in [-0.2, 0) is 11.8 Å². The summed E-state index contributed by atoms with van der Waals surface area (Å²) in [6, 6.07) is 3.87. The van der Waals surface area contributed by atoms with Crippen molar-refractivity contribution in [3.8, 4) is 28.7 Å². The number of aryl methyl sites for hydroxylation is 2. The second kappa shape index (κ2) is 7.27. The van der Waals surface area contributed by atoms with Gasteiger partial charge in [-0.2, -0.15) is 10.4 Å². The molecule has 3 aromatic heterocycles. The van der Waals surface area contributed by atoms with Gasteiger partial charge in [0.2, 0.25) is 0 Å². The third-order valence-corrected chi connectivity index (χ3v) is 3.43. The highest BCUT2D eigenvalue weighted by molar-refractivity contribution is 5.81. The van der Waals surface area contributed by atoms with E-state index >= 15 is 0 Å². The number of pyridine rings is 1. The molecule has 3 aromatic rings. The summed E-state index contributed by atoms with van der Waals surface area (Å²) in [7, 11) is 1.83. The van der Waals surface area contributed by atoms with Crippen molar-refractivity contribution in [2.24, 2.45) is 7.05 Å². The highest BCUT2D eigenvalue weighted by Gasteiger charge is 2.21. The number of rotatable bonds is 2. The third-order valence-electron chi connectivity index (χ3n) is 3.43. The van der Waals surface area contributed by atoms with Crippen LogP contribution in [0.2, 0.25) is 0 Å². The SMILES string of the molecule is Cc1cc(-c2c(C)c(-c3cnn(C)c3)nc(N)c2C#N)on1.O=CO. The Morgan fingerprint density at radius 2 is 2.12 bits per heavy atom. The van der Waals surface area contributed by atoms with E-state index in [0.717, 1.165) is 16.8 Å². The van der Waals surface area contributed by atoms with E-state index in [1.54, 1.807) is 16.9 Å². The molecule has 3 heterocycles. The summed E-state index contributed by atoms with van der Waals surface area (Å²) in [5.74, 6) is 0.668. The number of nitriles is 1. The standard InChI is InChI=1S/C15H14N6O.CH2O2/c1-8-4-12(22-20-8)13-9(2)14(10-6-18-21(3)7-10)19-15(17)11(13)5-16;2-1-3/h4,6-7H,1-3H3,(H2,17,19);1H,(H,2,3). The van der Waals surface area contributed by atoms with Gasteiger partial charge >= 0.3 is 0 Å². The minimum absolute atomic E-state index is 0.163. The Balaban J connectivity index is 0.000000701. The van der Waals surface area contributed by atoms with E-state index in [9.17, 15) is 5.26 Å². The van der Waals surface area contributed by atoms with Gasteiger partial charge in [0.15, 0.2) is 5.76 Å². The predicted octanol–water partition coefficient (Wildman–Crippen LogP) is 1.91. The van der Waals surface area contributed by atoms with Gasteiger partial charge in [0.1, 0.15) is 17.5 Å². The molecule has 9 heteroatoms. The molecule has 0 fully saturated rings. The Kier molecular flexibility index (Phi) is 5.14. The van der Waals surface area contributed by atoms with Crippen LogP contribution in [0, 0.1) is 25.2 Å². The van der Waals surface area contributed by atoms with Gasteiger partial charge in [-0.3, -0.25) is 9.48 Å². The average Bonchev–Trinajstić information content (AvgIpc) is 3.18. The molecule has 0 aliphatic carbocycles. The van der Waals surface area contributed by atoms with Gasteiger partial charge in [-0.25, -0.2) is 4.98 Å². The van der Waals surface area contributed by atoms with Gasteiger partial charge in [-0.15, -0.1) is 0 Å². The largest absolute Gasteiger partial charge is 0.483 e. The van der Waals surface area contributed by atoms with Gasteiger partial charge in [-0.05, 0) is 19.4 Å². The average molecular weight is 340 g/mol. The monoisotopic (exact) mass is 340 g/mol. The van der Waals surface area contributed by atoms with Crippen LogP contribution in [-0.4, -0.2) is 31.5 Å². The number of carbonyl (C=O) groups is 1.